The minimum absolute atomic E-state index is 0.429. The van der Waals surface area contributed by atoms with Crippen LogP contribution in [-0.2, 0) is 6.54 Å². The fourth-order valence-electron chi connectivity index (χ4n) is 1.40. The molecule has 1 aromatic heterocycles. The van der Waals surface area contributed by atoms with Crippen molar-refractivity contribution < 1.29 is 0 Å². The van der Waals surface area contributed by atoms with E-state index in [1.54, 1.807) is 0 Å². The normalized spacial score (nSPS) is 12.6. The van der Waals surface area contributed by atoms with Crippen molar-refractivity contribution in [3.05, 3.63) is 17.5 Å². The molecule has 0 aliphatic rings. The van der Waals surface area contributed by atoms with Crippen molar-refractivity contribution >= 4 is 17.7 Å². The summed E-state index contributed by atoms with van der Waals surface area (Å²) in [6, 6.07) is 0.429. The molecule has 1 aromatic rings. The Morgan fingerprint density at radius 1 is 1.56 bits per heavy atom. The Balaban J connectivity index is 2.84. The fraction of sp³-hybridized carbons (Fsp3) is 0.636. The van der Waals surface area contributed by atoms with Crippen LogP contribution < -0.4 is 10.6 Å². The molecule has 1 heterocycles. The number of hydrogen-bond donors (Lipinski definition) is 1. The van der Waals surface area contributed by atoms with E-state index in [1.165, 1.54) is 0 Å². The van der Waals surface area contributed by atoms with Crippen LogP contribution in [0.25, 0.3) is 0 Å². The summed E-state index contributed by atoms with van der Waals surface area (Å²) < 4.78 is 0. The number of hydrogen-bond acceptors (Lipinski definition) is 5. The number of nitrogens with zero attached hydrogens (tertiary/aromatic N) is 3. The molecule has 5 heteroatoms. The van der Waals surface area contributed by atoms with Gasteiger partial charge in [0.15, 0.2) is 0 Å². The molecule has 0 aromatic carbocycles. The SMILES string of the molecule is CSCC(C)N(C)c1ncc(CN)c(C)n1. The molecular formula is C11H20N4S. The van der Waals surface area contributed by atoms with Gasteiger partial charge in [-0.05, 0) is 20.1 Å². The molecule has 90 valence electrons. The molecule has 2 N–H and O–H groups in total. The van der Waals surface area contributed by atoms with Crippen molar-refractivity contribution in [1.82, 2.24) is 9.97 Å². The van der Waals surface area contributed by atoms with Gasteiger partial charge in [0, 0.05) is 42.8 Å². The van der Waals surface area contributed by atoms with E-state index in [2.05, 4.69) is 28.0 Å². The smallest absolute Gasteiger partial charge is 0.225 e. The zero-order valence-electron chi connectivity index (χ0n) is 10.4. The maximum absolute atomic E-state index is 5.59. The second-order valence-electron chi connectivity index (χ2n) is 3.90. The summed E-state index contributed by atoms with van der Waals surface area (Å²) in [5, 5.41) is 0. The van der Waals surface area contributed by atoms with Crippen molar-refractivity contribution in [3.8, 4) is 0 Å². The number of rotatable bonds is 5. The van der Waals surface area contributed by atoms with Crippen LogP contribution in [0.15, 0.2) is 6.20 Å². The van der Waals surface area contributed by atoms with Crippen molar-refractivity contribution in [2.24, 2.45) is 5.73 Å². The molecular weight excluding hydrogens is 220 g/mol. The molecule has 0 saturated heterocycles. The fourth-order valence-corrected chi connectivity index (χ4v) is 2.11. The van der Waals surface area contributed by atoms with E-state index in [0.29, 0.717) is 12.6 Å². The van der Waals surface area contributed by atoms with Crippen LogP contribution in [0.2, 0.25) is 0 Å². The van der Waals surface area contributed by atoms with Gasteiger partial charge < -0.3 is 10.6 Å². The first kappa shape index (κ1) is 13.3. The lowest BCUT2D eigenvalue weighted by Gasteiger charge is -2.24. The summed E-state index contributed by atoms with van der Waals surface area (Å²) in [4.78, 5) is 10.9. The van der Waals surface area contributed by atoms with Gasteiger partial charge in [0.05, 0.1) is 0 Å². The number of aryl methyl sites for hydroxylation is 1. The van der Waals surface area contributed by atoms with Crippen LogP contribution in [-0.4, -0.2) is 35.1 Å². The quantitative estimate of drug-likeness (QED) is 0.844. The molecule has 0 spiro atoms. The first-order chi connectivity index (χ1) is 7.60. The standard InChI is InChI=1S/C11H20N4S/c1-8(7-16-4)15(3)11-13-6-10(5-12)9(2)14-11/h6,8H,5,7,12H2,1-4H3. The van der Waals surface area contributed by atoms with Gasteiger partial charge in [-0.25, -0.2) is 9.97 Å². The second kappa shape index (κ2) is 6.06. The van der Waals surface area contributed by atoms with E-state index >= 15 is 0 Å². The molecule has 0 radical (unpaired) electrons. The first-order valence-corrected chi connectivity index (χ1v) is 6.73. The van der Waals surface area contributed by atoms with Crippen molar-refractivity contribution in [1.29, 1.82) is 0 Å². The third-order valence-electron chi connectivity index (χ3n) is 2.67. The van der Waals surface area contributed by atoms with Gasteiger partial charge in [-0.2, -0.15) is 11.8 Å². The third-order valence-corrected chi connectivity index (χ3v) is 3.49. The summed E-state index contributed by atoms with van der Waals surface area (Å²) in [5.41, 5.74) is 7.56. The summed E-state index contributed by atoms with van der Waals surface area (Å²) in [7, 11) is 2.03. The van der Waals surface area contributed by atoms with Crippen LogP contribution >= 0.6 is 11.8 Å². The third kappa shape index (κ3) is 3.09. The highest BCUT2D eigenvalue weighted by molar-refractivity contribution is 7.98. The summed E-state index contributed by atoms with van der Waals surface area (Å²) in [5.74, 6) is 1.84. The van der Waals surface area contributed by atoms with Gasteiger partial charge >= 0.3 is 0 Å². The van der Waals surface area contributed by atoms with Crippen molar-refractivity contribution in [2.75, 3.05) is 24.0 Å². The molecule has 1 atom stereocenters. The Kier molecular flexibility index (Phi) is 5.02. The predicted molar refractivity (Wildman–Crippen MR) is 70.9 cm³/mol. The first-order valence-electron chi connectivity index (χ1n) is 5.34. The number of thioether (sulfide) groups is 1. The van der Waals surface area contributed by atoms with E-state index in [9.17, 15) is 0 Å². The topological polar surface area (TPSA) is 55.0 Å². The van der Waals surface area contributed by atoms with Crippen LogP contribution in [0, 0.1) is 6.92 Å². The van der Waals surface area contributed by atoms with E-state index < -0.39 is 0 Å². The Hall–Kier alpha value is -0.810. The van der Waals surface area contributed by atoms with E-state index in [-0.39, 0.29) is 0 Å². The van der Waals surface area contributed by atoms with Crippen LogP contribution in [0.3, 0.4) is 0 Å². The predicted octanol–water partition coefficient (Wildman–Crippen LogP) is 1.43. The molecule has 0 fully saturated rings. The molecule has 16 heavy (non-hydrogen) atoms. The molecule has 0 amide bonds. The minimum atomic E-state index is 0.429. The molecule has 0 aliphatic heterocycles. The van der Waals surface area contributed by atoms with Crippen molar-refractivity contribution in [3.63, 3.8) is 0 Å². The van der Waals surface area contributed by atoms with E-state index in [0.717, 1.165) is 23.0 Å². The monoisotopic (exact) mass is 240 g/mol. The zero-order valence-corrected chi connectivity index (χ0v) is 11.2. The molecule has 1 unspecified atom stereocenters. The Labute approximate surface area is 102 Å². The summed E-state index contributed by atoms with van der Waals surface area (Å²) in [6.07, 6.45) is 3.92. The molecule has 0 bridgehead atoms. The van der Waals surface area contributed by atoms with E-state index in [1.807, 2.05) is 31.9 Å². The van der Waals surface area contributed by atoms with Crippen molar-refractivity contribution in [2.45, 2.75) is 26.4 Å². The van der Waals surface area contributed by atoms with Gasteiger partial charge in [0.1, 0.15) is 0 Å². The lowest BCUT2D eigenvalue weighted by molar-refractivity contribution is 0.733. The average molecular weight is 240 g/mol. The highest BCUT2D eigenvalue weighted by atomic mass is 32.2. The average Bonchev–Trinajstić information content (AvgIpc) is 2.28. The van der Waals surface area contributed by atoms with Crippen LogP contribution in [0.5, 0.6) is 0 Å². The summed E-state index contributed by atoms with van der Waals surface area (Å²) >= 11 is 1.83. The van der Waals surface area contributed by atoms with Gasteiger partial charge in [0.2, 0.25) is 5.95 Å². The van der Waals surface area contributed by atoms with Gasteiger partial charge in [-0.3, -0.25) is 0 Å². The Morgan fingerprint density at radius 2 is 2.25 bits per heavy atom. The van der Waals surface area contributed by atoms with E-state index in [4.69, 9.17) is 5.73 Å². The lowest BCUT2D eigenvalue weighted by atomic mass is 10.2. The Morgan fingerprint density at radius 3 is 2.75 bits per heavy atom. The molecule has 1 rings (SSSR count). The number of aromatic nitrogens is 2. The highest BCUT2D eigenvalue weighted by Gasteiger charge is 2.12. The van der Waals surface area contributed by atoms with Gasteiger partial charge in [0.25, 0.3) is 0 Å². The largest absolute Gasteiger partial charge is 0.340 e. The molecule has 0 aliphatic carbocycles. The Bertz CT molecular complexity index is 343. The molecule has 0 saturated carbocycles. The van der Waals surface area contributed by atoms with Crippen LogP contribution in [0.4, 0.5) is 5.95 Å². The number of nitrogens with two attached hydrogens (primary N) is 1. The van der Waals surface area contributed by atoms with Gasteiger partial charge in [-0.1, -0.05) is 0 Å². The zero-order chi connectivity index (χ0) is 12.1. The maximum Gasteiger partial charge on any atom is 0.225 e. The lowest BCUT2D eigenvalue weighted by Crippen LogP contribution is -2.32. The van der Waals surface area contributed by atoms with Gasteiger partial charge in [-0.15, -0.1) is 0 Å². The molecule has 4 nitrogen and oxygen atoms in total. The summed E-state index contributed by atoms with van der Waals surface area (Å²) in [6.45, 7) is 4.64. The second-order valence-corrected chi connectivity index (χ2v) is 4.81. The number of anilines is 1. The maximum atomic E-state index is 5.59. The van der Waals surface area contributed by atoms with Crippen LogP contribution in [0.1, 0.15) is 18.2 Å². The minimum Gasteiger partial charge on any atom is -0.340 e. The highest BCUT2D eigenvalue weighted by Crippen LogP contribution is 2.13.